The highest BCUT2D eigenvalue weighted by Crippen LogP contribution is 2.67. The van der Waals surface area contributed by atoms with Gasteiger partial charge in [-0.3, -0.25) is 4.79 Å². The minimum atomic E-state index is -0.538. The van der Waals surface area contributed by atoms with Crippen molar-refractivity contribution in [3.05, 3.63) is 47.9 Å². The highest BCUT2D eigenvalue weighted by atomic mass is 19.1. The van der Waals surface area contributed by atoms with E-state index in [-0.39, 0.29) is 42.7 Å². The van der Waals surface area contributed by atoms with E-state index in [2.05, 4.69) is 22.1 Å². The number of hydrogen-bond acceptors (Lipinski definition) is 7. The lowest BCUT2D eigenvalue weighted by molar-refractivity contribution is -0.143. The molecule has 208 valence electrons. The molecule has 0 spiro atoms. The molecule has 2 amide bonds. The number of likely N-dealkylation sites (tertiary alicyclic amines) is 1. The van der Waals surface area contributed by atoms with Gasteiger partial charge in [-0.15, -0.1) is 10.2 Å². The number of rotatable bonds is 7. The van der Waals surface area contributed by atoms with Crippen molar-refractivity contribution in [1.82, 2.24) is 20.4 Å². The van der Waals surface area contributed by atoms with Crippen LogP contribution in [0.4, 0.5) is 9.18 Å². The first-order chi connectivity index (χ1) is 18.0. The second-order valence-electron chi connectivity index (χ2n) is 11.2. The number of amides is 2. The van der Waals surface area contributed by atoms with Crippen molar-refractivity contribution in [3.63, 3.8) is 0 Å². The monoisotopic (exact) mass is 530 g/mol. The fourth-order valence-electron chi connectivity index (χ4n) is 5.46. The molecule has 9 nitrogen and oxygen atoms in total. The van der Waals surface area contributed by atoms with Crippen molar-refractivity contribution >= 4 is 18.1 Å². The van der Waals surface area contributed by atoms with Gasteiger partial charge in [0.15, 0.2) is 6.61 Å². The molecule has 1 atom stereocenters. The zero-order valence-electron chi connectivity index (χ0n) is 22.8. The smallest absolute Gasteiger partial charge is 0.410 e. The second kappa shape index (κ2) is 10.4. The molecular formula is C28H39FN4O5. The number of aromatic nitrogens is 2. The lowest BCUT2D eigenvalue weighted by Crippen LogP contribution is -2.77. The Morgan fingerprint density at radius 3 is 2.63 bits per heavy atom. The van der Waals surface area contributed by atoms with Crippen LogP contribution in [0.5, 0.6) is 5.75 Å². The summed E-state index contributed by atoms with van der Waals surface area (Å²) in [6.07, 6.45) is 4.02. The zero-order chi connectivity index (χ0) is 27.7. The van der Waals surface area contributed by atoms with E-state index in [1.165, 1.54) is 12.1 Å². The number of benzene rings is 1. The topological polar surface area (TPSA) is 107 Å². The molecule has 4 fully saturated rings. The fourth-order valence-corrected chi connectivity index (χ4v) is 5.46. The Morgan fingerprint density at radius 1 is 1.29 bits per heavy atom. The normalized spacial score (nSPS) is 25.3. The summed E-state index contributed by atoms with van der Waals surface area (Å²) in [6, 6.07) is 4.40. The standard InChI is InChI=1S/C26H31FN4O5.C2H6.H2/c1-5-16-6-7-18(10-19(16)27)34-12-20(32)28-26-13-25(14-26,15-26)22-30-29-21(35-22)17-8-9-31(11-17)23(33)36-24(2,3)4;1-2;/h5-7,10,17H,1,8-9,11-15H2,2-4H3,(H,28,32);1-2H3;1H/t17-,25?,26?;;/m0../s1. The largest absolute Gasteiger partial charge is 0.484 e. The number of carbonyl (C=O) groups is 2. The summed E-state index contributed by atoms with van der Waals surface area (Å²) in [5.74, 6) is 0.717. The van der Waals surface area contributed by atoms with Gasteiger partial charge in [-0.05, 0) is 58.6 Å². The molecule has 1 aliphatic heterocycles. The molecule has 38 heavy (non-hydrogen) atoms. The maximum atomic E-state index is 13.8. The second-order valence-corrected chi connectivity index (χ2v) is 11.2. The molecule has 0 unspecified atom stereocenters. The third-order valence-corrected chi connectivity index (χ3v) is 7.08. The van der Waals surface area contributed by atoms with Crippen LogP contribution in [0.2, 0.25) is 0 Å². The average molecular weight is 531 g/mol. The van der Waals surface area contributed by atoms with Crippen LogP contribution in [-0.4, -0.2) is 57.9 Å². The van der Waals surface area contributed by atoms with Crippen LogP contribution in [0, 0.1) is 5.82 Å². The first kappa shape index (κ1) is 27.6. The average Bonchev–Trinajstić information content (AvgIpc) is 3.49. The molecule has 1 N–H and O–H groups in total. The molecule has 2 heterocycles. The molecule has 1 saturated heterocycles. The van der Waals surface area contributed by atoms with Crippen LogP contribution < -0.4 is 10.1 Å². The number of nitrogens with one attached hydrogen (secondary N) is 1. The van der Waals surface area contributed by atoms with Crippen LogP contribution in [0.15, 0.2) is 29.2 Å². The molecule has 2 aromatic rings. The molecule has 3 saturated carbocycles. The lowest BCUT2D eigenvalue weighted by atomic mass is 9.39. The van der Waals surface area contributed by atoms with Gasteiger partial charge in [0.25, 0.3) is 5.91 Å². The maximum Gasteiger partial charge on any atom is 0.410 e. The Hall–Kier alpha value is -3.43. The lowest BCUT2D eigenvalue weighted by Gasteiger charge is -2.68. The summed E-state index contributed by atoms with van der Waals surface area (Å²) in [4.78, 5) is 26.4. The van der Waals surface area contributed by atoms with Crippen molar-refractivity contribution in [1.29, 1.82) is 0 Å². The zero-order valence-corrected chi connectivity index (χ0v) is 22.8. The van der Waals surface area contributed by atoms with E-state index in [4.69, 9.17) is 13.9 Å². The third-order valence-electron chi connectivity index (χ3n) is 7.08. The van der Waals surface area contributed by atoms with E-state index < -0.39 is 11.4 Å². The van der Waals surface area contributed by atoms with Crippen molar-refractivity contribution in [3.8, 4) is 5.75 Å². The predicted molar refractivity (Wildman–Crippen MR) is 141 cm³/mol. The van der Waals surface area contributed by atoms with Crippen molar-refractivity contribution in [2.75, 3.05) is 19.7 Å². The van der Waals surface area contributed by atoms with Gasteiger partial charge in [-0.1, -0.05) is 26.5 Å². The summed E-state index contributed by atoms with van der Waals surface area (Å²) in [7, 11) is 0. The minimum Gasteiger partial charge on any atom is -0.484 e. The van der Waals surface area contributed by atoms with Gasteiger partial charge in [-0.25, -0.2) is 9.18 Å². The van der Waals surface area contributed by atoms with E-state index >= 15 is 0 Å². The third kappa shape index (κ3) is 5.54. The molecule has 6 rings (SSSR count). The minimum absolute atomic E-state index is 0. The van der Waals surface area contributed by atoms with E-state index in [1.807, 2.05) is 34.6 Å². The Morgan fingerprint density at radius 2 is 2.00 bits per heavy atom. The number of halogens is 1. The van der Waals surface area contributed by atoms with E-state index in [9.17, 15) is 14.0 Å². The van der Waals surface area contributed by atoms with E-state index in [0.717, 1.165) is 25.7 Å². The molecule has 10 heteroatoms. The van der Waals surface area contributed by atoms with Crippen LogP contribution in [0.1, 0.15) is 85.0 Å². The Balaban J connectivity index is 0.00000137. The number of ether oxygens (including phenoxy) is 2. The van der Waals surface area contributed by atoms with Crippen molar-refractivity contribution in [2.45, 2.75) is 82.8 Å². The van der Waals surface area contributed by atoms with Gasteiger partial charge in [-0.2, -0.15) is 0 Å². The SMILES string of the molecule is C=Cc1ccc(OCC(=O)NC23CC(c4nnc([C@H]5CCN(C(=O)OC(C)(C)C)C5)o4)(C2)C3)cc1F.CC.[HH]. The van der Waals surface area contributed by atoms with Crippen molar-refractivity contribution in [2.24, 2.45) is 0 Å². The summed E-state index contributed by atoms with van der Waals surface area (Å²) in [5.41, 5.74) is -0.646. The van der Waals surface area contributed by atoms with Gasteiger partial charge in [0.2, 0.25) is 11.8 Å². The van der Waals surface area contributed by atoms with Crippen LogP contribution in [-0.2, 0) is 14.9 Å². The van der Waals surface area contributed by atoms with Crippen LogP contribution in [0.25, 0.3) is 6.08 Å². The molecule has 0 radical (unpaired) electrons. The maximum absolute atomic E-state index is 13.8. The van der Waals surface area contributed by atoms with Gasteiger partial charge in [0, 0.05) is 31.7 Å². The summed E-state index contributed by atoms with van der Waals surface area (Å²) >= 11 is 0. The first-order valence-corrected chi connectivity index (χ1v) is 13.2. The summed E-state index contributed by atoms with van der Waals surface area (Å²) < 4.78 is 30.8. The summed E-state index contributed by atoms with van der Waals surface area (Å²) in [6.45, 7) is 14.0. The molecule has 4 aliphatic rings. The fraction of sp³-hybridized carbons (Fsp3) is 0.571. The van der Waals surface area contributed by atoms with Crippen LogP contribution in [0.3, 0.4) is 0 Å². The molecule has 1 aromatic heterocycles. The van der Waals surface area contributed by atoms with Crippen molar-refractivity contribution < 1.29 is 29.3 Å². The number of nitrogens with zero attached hydrogens (tertiary/aromatic N) is 3. The van der Waals surface area contributed by atoms with Crippen LogP contribution >= 0.6 is 0 Å². The number of hydrogen-bond donors (Lipinski definition) is 1. The predicted octanol–water partition coefficient (Wildman–Crippen LogP) is 5.22. The Labute approximate surface area is 224 Å². The van der Waals surface area contributed by atoms with Gasteiger partial charge < -0.3 is 24.1 Å². The highest BCUT2D eigenvalue weighted by molar-refractivity contribution is 5.79. The van der Waals surface area contributed by atoms with Gasteiger partial charge in [0.05, 0.1) is 11.3 Å². The summed E-state index contributed by atoms with van der Waals surface area (Å²) in [5, 5.41) is 11.6. The molecule has 2 bridgehead atoms. The van der Waals surface area contributed by atoms with E-state index in [0.29, 0.717) is 30.4 Å². The molecule has 3 aliphatic carbocycles. The van der Waals surface area contributed by atoms with E-state index in [1.54, 1.807) is 17.0 Å². The molecular weight excluding hydrogens is 491 g/mol. The Kier molecular flexibility index (Phi) is 7.54. The van der Waals surface area contributed by atoms with Gasteiger partial charge in [0.1, 0.15) is 17.2 Å². The molecule has 1 aromatic carbocycles. The first-order valence-electron chi connectivity index (χ1n) is 13.2. The Bertz CT molecular complexity index is 1190. The highest BCUT2D eigenvalue weighted by Gasteiger charge is 2.71. The van der Waals surface area contributed by atoms with Gasteiger partial charge >= 0.3 is 6.09 Å². The number of carbonyl (C=O) groups excluding carboxylic acids is 2. The quantitative estimate of drug-likeness (QED) is 0.523.